The first-order valence-electron chi connectivity index (χ1n) is 5.28. The summed E-state index contributed by atoms with van der Waals surface area (Å²) in [6.45, 7) is 6.21. The highest BCUT2D eigenvalue weighted by molar-refractivity contribution is 7.85. The second kappa shape index (κ2) is 4.55. The Morgan fingerprint density at radius 1 is 1.50 bits per heavy atom. The van der Waals surface area contributed by atoms with Gasteiger partial charge in [0.25, 0.3) is 5.16 Å². The molecule has 92 valence electrons. The number of hydrogen-bond acceptors (Lipinski definition) is 3. The van der Waals surface area contributed by atoms with E-state index >= 15 is 0 Å². The van der Waals surface area contributed by atoms with E-state index in [-0.39, 0.29) is 11.1 Å². The van der Waals surface area contributed by atoms with Crippen LogP contribution in [0, 0.1) is 5.92 Å². The molecule has 0 bridgehead atoms. The van der Waals surface area contributed by atoms with Gasteiger partial charge in [0.1, 0.15) is 0 Å². The zero-order valence-electron chi connectivity index (χ0n) is 10.0. The quantitative estimate of drug-likeness (QED) is 0.822. The van der Waals surface area contributed by atoms with E-state index in [0.29, 0.717) is 5.92 Å². The van der Waals surface area contributed by atoms with E-state index in [4.69, 9.17) is 4.55 Å². The van der Waals surface area contributed by atoms with Gasteiger partial charge in [0.15, 0.2) is 0 Å². The van der Waals surface area contributed by atoms with Crippen LogP contribution in [0.2, 0.25) is 0 Å². The van der Waals surface area contributed by atoms with Crippen molar-refractivity contribution in [1.82, 2.24) is 9.55 Å². The third-order valence-corrected chi connectivity index (χ3v) is 4.02. The summed E-state index contributed by atoms with van der Waals surface area (Å²) in [5, 5.41) is -0.294. The van der Waals surface area contributed by atoms with Crippen molar-refractivity contribution in [1.29, 1.82) is 0 Å². The fourth-order valence-electron chi connectivity index (χ4n) is 1.71. The Kier molecular flexibility index (Phi) is 3.75. The van der Waals surface area contributed by atoms with Crippen LogP contribution in [0.15, 0.2) is 11.4 Å². The highest BCUT2D eigenvalue weighted by atomic mass is 32.2. The molecule has 0 saturated heterocycles. The molecule has 0 saturated carbocycles. The molecule has 1 rings (SSSR count). The third kappa shape index (κ3) is 2.44. The zero-order valence-corrected chi connectivity index (χ0v) is 10.8. The van der Waals surface area contributed by atoms with Crippen LogP contribution < -0.4 is 0 Å². The lowest BCUT2D eigenvalue weighted by atomic mass is 9.91. The van der Waals surface area contributed by atoms with Gasteiger partial charge in [0.05, 0.1) is 0 Å². The van der Waals surface area contributed by atoms with Crippen LogP contribution in [0.5, 0.6) is 0 Å². The summed E-state index contributed by atoms with van der Waals surface area (Å²) >= 11 is 0. The largest absolute Gasteiger partial charge is 0.328 e. The lowest BCUT2D eigenvalue weighted by molar-refractivity contribution is 0.442. The van der Waals surface area contributed by atoms with Crippen LogP contribution in [-0.2, 0) is 17.2 Å². The van der Waals surface area contributed by atoms with Gasteiger partial charge in [0, 0.05) is 24.9 Å². The first kappa shape index (κ1) is 13.2. The lowest BCUT2D eigenvalue weighted by Gasteiger charge is -2.18. The lowest BCUT2D eigenvalue weighted by Crippen LogP contribution is -2.13. The standard InChI is InChI=1S/C10H18N2O3S/c1-5-7(2)8(3)9-6-11-10(12(9)4)16(13,14)15/h6-8H,5H2,1-4H3,(H,13,14,15). The Balaban J connectivity index is 3.15. The molecule has 0 amide bonds. The van der Waals surface area contributed by atoms with E-state index in [1.165, 1.54) is 10.8 Å². The van der Waals surface area contributed by atoms with Crippen molar-refractivity contribution >= 4 is 10.1 Å². The molecular weight excluding hydrogens is 228 g/mol. The maximum Gasteiger partial charge on any atom is 0.328 e. The fourth-order valence-corrected chi connectivity index (χ4v) is 2.35. The van der Waals surface area contributed by atoms with Gasteiger partial charge in [0.2, 0.25) is 0 Å². The van der Waals surface area contributed by atoms with Crippen molar-refractivity contribution in [2.24, 2.45) is 13.0 Å². The minimum absolute atomic E-state index is 0.206. The number of nitrogens with zero attached hydrogens (tertiary/aromatic N) is 2. The Morgan fingerprint density at radius 2 is 2.06 bits per heavy atom. The first-order chi connectivity index (χ1) is 7.29. The molecule has 1 aromatic heterocycles. The average Bonchev–Trinajstić information content (AvgIpc) is 2.57. The van der Waals surface area contributed by atoms with Gasteiger partial charge in [-0.2, -0.15) is 8.42 Å². The second-order valence-corrected chi connectivity index (χ2v) is 5.49. The summed E-state index contributed by atoms with van der Waals surface area (Å²) < 4.78 is 32.4. The van der Waals surface area contributed by atoms with Crippen molar-refractivity contribution in [3.63, 3.8) is 0 Å². The smallest absolute Gasteiger partial charge is 0.320 e. The molecule has 0 aromatic carbocycles. The summed E-state index contributed by atoms with van der Waals surface area (Å²) in [6, 6.07) is 0. The average molecular weight is 246 g/mol. The molecule has 2 unspecified atom stereocenters. The maximum absolute atomic E-state index is 11.0. The fraction of sp³-hybridized carbons (Fsp3) is 0.700. The van der Waals surface area contributed by atoms with Crippen LogP contribution in [0.25, 0.3) is 0 Å². The highest BCUT2D eigenvalue weighted by Gasteiger charge is 2.23. The number of hydrogen-bond donors (Lipinski definition) is 1. The maximum atomic E-state index is 11.0. The molecule has 1 aromatic rings. The Hall–Kier alpha value is -0.880. The predicted molar refractivity (Wildman–Crippen MR) is 60.9 cm³/mol. The summed E-state index contributed by atoms with van der Waals surface area (Å²) in [5.74, 6) is 0.641. The van der Waals surface area contributed by atoms with Crippen molar-refractivity contribution < 1.29 is 13.0 Å². The minimum Gasteiger partial charge on any atom is -0.320 e. The van der Waals surface area contributed by atoms with Crippen LogP contribution in [0.4, 0.5) is 0 Å². The van der Waals surface area contributed by atoms with Gasteiger partial charge in [-0.15, -0.1) is 0 Å². The third-order valence-electron chi connectivity index (χ3n) is 3.18. The van der Waals surface area contributed by atoms with E-state index in [0.717, 1.165) is 12.1 Å². The minimum atomic E-state index is -4.23. The topological polar surface area (TPSA) is 72.2 Å². The molecule has 1 N–H and O–H groups in total. The molecule has 16 heavy (non-hydrogen) atoms. The Labute approximate surface area is 96.3 Å². The molecule has 0 aliphatic rings. The summed E-state index contributed by atoms with van der Waals surface area (Å²) in [6.07, 6.45) is 2.52. The molecule has 0 fully saturated rings. The van der Waals surface area contributed by atoms with Gasteiger partial charge >= 0.3 is 10.1 Å². The molecule has 0 aliphatic heterocycles. The normalized spacial score (nSPS) is 16.1. The zero-order chi connectivity index (χ0) is 12.5. The van der Waals surface area contributed by atoms with Gasteiger partial charge < -0.3 is 4.57 Å². The van der Waals surface area contributed by atoms with Crippen molar-refractivity contribution in [3.05, 3.63) is 11.9 Å². The monoisotopic (exact) mass is 246 g/mol. The molecule has 2 atom stereocenters. The molecule has 6 heteroatoms. The van der Waals surface area contributed by atoms with Crippen molar-refractivity contribution in [3.8, 4) is 0 Å². The Morgan fingerprint density at radius 3 is 2.44 bits per heavy atom. The van der Waals surface area contributed by atoms with Gasteiger partial charge in [-0.1, -0.05) is 27.2 Å². The summed E-state index contributed by atoms with van der Waals surface area (Å²) in [4.78, 5) is 3.75. The number of imidazole rings is 1. The molecule has 1 heterocycles. The predicted octanol–water partition coefficient (Wildman–Crippen LogP) is 1.82. The van der Waals surface area contributed by atoms with Crippen LogP contribution >= 0.6 is 0 Å². The van der Waals surface area contributed by atoms with Crippen molar-refractivity contribution in [2.75, 3.05) is 0 Å². The SMILES string of the molecule is CCC(C)C(C)c1cnc(S(=O)(=O)O)n1C. The van der Waals surface area contributed by atoms with Crippen LogP contribution in [0.3, 0.4) is 0 Å². The number of aromatic nitrogens is 2. The van der Waals surface area contributed by atoms with E-state index in [2.05, 4.69) is 18.8 Å². The van der Waals surface area contributed by atoms with E-state index in [1.54, 1.807) is 7.05 Å². The molecular formula is C10H18N2O3S. The molecule has 5 nitrogen and oxygen atoms in total. The van der Waals surface area contributed by atoms with Crippen LogP contribution in [0.1, 0.15) is 38.8 Å². The highest BCUT2D eigenvalue weighted by Crippen LogP contribution is 2.27. The van der Waals surface area contributed by atoms with E-state index in [1.807, 2.05) is 6.92 Å². The number of rotatable bonds is 4. The molecule has 0 spiro atoms. The summed E-state index contributed by atoms with van der Waals surface area (Å²) in [7, 11) is -2.63. The van der Waals surface area contributed by atoms with E-state index in [9.17, 15) is 8.42 Å². The molecule has 0 radical (unpaired) electrons. The molecule has 0 aliphatic carbocycles. The summed E-state index contributed by atoms with van der Waals surface area (Å²) in [5.41, 5.74) is 0.821. The van der Waals surface area contributed by atoms with Crippen molar-refractivity contribution in [2.45, 2.75) is 38.3 Å². The first-order valence-corrected chi connectivity index (χ1v) is 6.72. The second-order valence-electron chi connectivity index (χ2n) is 4.17. The van der Waals surface area contributed by atoms with E-state index < -0.39 is 10.1 Å². The van der Waals surface area contributed by atoms with Gasteiger partial charge in [-0.25, -0.2) is 4.98 Å². The van der Waals surface area contributed by atoms with Gasteiger partial charge in [-0.3, -0.25) is 4.55 Å². The van der Waals surface area contributed by atoms with Gasteiger partial charge in [-0.05, 0) is 5.92 Å². The Bertz CT molecular complexity index is 464. The van der Waals surface area contributed by atoms with Crippen LogP contribution in [-0.4, -0.2) is 22.5 Å².